The molecule has 1 aliphatic heterocycles. The Hall–Kier alpha value is -0.530. The van der Waals surface area contributed by atoms with Gasteiger partial charge in [-0.2, -0.15) is 0 Å². The molecule has 1 aromatic rings. The fourth-order valence-electron chi connectivity index (χ4n) is 2.79. The molecule has 1 aliphatic rings. The molecule has 0 radical (unpaired) electrons. The second-order valence-electron chi connectivity index (χ2n) is 5.41. The molecular weight excluding hydrogens is 242 g/mol. The molecule has 0 amide bonds. The van der Waals surface area contributed by atoms with E-state index in [1.807, 2.05) is 0 Å². The molecule has 1 heterocycles. The topological polar surface area (TPSA) is 3.24 Å². The van der Waals surface area contributed by atoms with Crippen molar-refractivity contribution in [2.75, 3.05) is 25.5 Å². The Bertz CT molecular complexity index is 325. The molecule has 0 N–H and O–H groups in total. The van der Waals surface area contributed by atoms with Crippen molar-refractivity contribution >= 4 is 11.6 Å². The first-order valence-electron chi connectivity index (χ1n) is 7.20. The van der Waals surface area contributed by atoms with Gasteiger partial charge >= 0.3 is 0 Å². The van der Waals surface area contributed by atoms with E-state index in [2.05, 4.69) is 35.2 Å². The number of benzene rings is 1. The molecule has 100 valence electrons. The van der Waals surface area contributed by atoms with E-state index in [1.165, 1.54) is 57.3 Å². The van der Waals surface area contributed by atoms with Gasteiger partial charge in [0, 0.05) is 12.4 Å². The minimum absolute atomic E-state index is 0.731. The quantitative estimate of drug-likeness (QED) is 0.556. The average Bonchev–Trinajstić information content (AvgIpc) is 2.45. The molecule has 2 heteroatoms. The van der Waals surface area contributed by atoms with Crippen LogP contribution in [0.1, 0.15) is 31.2 Å². The van der Waals surface area contributed by atoms with Crippen LogP contribution in [-0.4, -0.2) is 30.4 Å². The Morgan fingerprint density at radius 2 is 2.00 bits per heavy atom. The number of nitrogens with zero attached hydrogens (tertiary/aromatic N) is 1. The Kier molecular flexibility index (Phi) is 6.02. The summed E-state index contributed by atoms with van der Waals surface area (Å²) in [5.41, 5.74) is 1.47. The van der Waals surface area contributed by atoms with E-state index in [1.54, 1.807) is 0 Å². The van der Waals surface area contributed by atoms with Crippen LogP contribution in [0, 0.1) is 5.92 Å². The van der Waals surface area contributed by atoms with Gasteiger partial charge in [-0.15, -0.1) is 11.6 Å². The molecule has 2 rings (SSSR count). The number of unbranched alkanes of at least 4 members (excludes halogenated alkanes) is 1. The second kappa shape index (κ2) is 7.81. The third-order valence-corrected chi connectivity index (χ3v) is 4.29. The minimum Gasteiger partial charge on any atom is -0.303 e. The lowest BCUT2D eigenvalue weighted by atomic mass is 9.99. The average molecular weight is 266 g/mol. The molecule has 1 nitrogen and oxygen atoms in total. The molecular formula is C16H24ClN. The zero-order chi connectivity index (χ0) is 12.6. The number of piperidine rings is 1. The van der Waals surface area contributed by atoms with Crippen LogP contribution >= 0.6 is 11.6 Å². The van der Waals surface area contributed by atoms with Gasteiger partial charge in [0.15, 0.2) is 0 Å². The highest BCUT2D eigenvalue weighted by Crippen LogP contribution is 2.18. The summed E-state index contributed by atoms with van der Waals surface area (Å²) in [7, 11) is 0. The molecule has 1 atom stereocenters. The summed E-state index contributed by atoms with van der Waals surface area (Å²) in [6, 6.07) is 10.8. The number of hydrogen-bond donors (Lipinski definition) is 0. The summed E-state index contributed by atoms with van der Waals surface area (Å²) >= 11 is 5.96. The molecule has 0 spiro atoms. The molecule has 0 aliphatic carbocycles. The van der Waals surface area contributed by atoms with Crippen molar-refractivity contribution in [3.63, 3.8) is 0 Å². The van der Waals surface area contributed by atoms with E-state index >= 15 is 0 Å². The van der Waals surface area contributed by atoms with E-state index in [-0.39, 0.29) is 0 Å². The lowest BCUT2D eigenvalue weighted by Crippen LogP contribution is -2.36. The zero-order valence-electron chi connectivity index (χ0n) is 11.2. The van der Waals surface area contributed by atoms with Crippen molar-refractivity contribution in [1.82, 2.24) is 4.90 Å². The van der Waals surface area contributed by atoms with Crippen LogP contribution in [0.15, 0.2) is 30.3 Å². The molecule has 0 bridgehead atoms. The van der Waals surface area contributed by atoms with Gasteiger partial charge in [0.25, 0.3) is 0 Å². The monoisotopic (exact) mass is 265 g/mol. The summed E-state index contributed by atoms with van der Waals surface area (Å²) in [5, 5.41) is 0. The maximum atomic E-state index is 5.96. The van der Waals surface area contributed by atoms with Gasteiger partial charge in [0.1, 0.15) is 0 Å². The smallest absolute Gasteiger partial charge is 0.0263 e. The highest BCUT2D eigenvalue weighted by molar-refractivity contribution is 6.18. The summed E-state index contributed by atoms with van der Waals surface area (Å²) in [6.45, 7) is 3.74. The van der Waals surface area contributed by atoms with Crippen molar-refractivity contribution in [2.45, 2.75) is 32.1 Å². The first kappa shape index (κ1) is 13.9. The van der Waals surface area contributed by atoms with Crippen LogP contribution in [0.4, 0.5) is 0 Å². The first-order valence-corrected chi connectivity index (χ1v) is 7.74. The van der Waals surface area contributed by atoms with Crippen molar-refractivity contribution in [2.24, 2.45) is 5.92 Å². The second-order valence-corrected chi connectivity index (χ2v) is 5.71. The standard InChI is InChI=1S/C16H24ClN/c17-13-16-10-6-12-18(14-16)11-5-4-9-15-7-2-1-3-8-15/h1-3,7-8,16H,4-6,9-14H2. The molecule has 1 unspecified atom stereocenters. The predicted octanol–water partition coefficient (Wildman–Crippen LogP) is 3.96. The fraction of sp³-hybridized carbons (Fsp3) is 0.625. The van der Waals surface area contributed by atoms with Gasteiger partial charge in [-0.25, -0.2) is 0 Å². The van der Waals surface area contributed by atoms with Crippen LogP contribution in [0.25, 0.3) is 0 Å². The number of alkyl halides is 1. The number of hydrogen-bond acceptors (Lipinski definition) is 1. The first-order chi connectivity index (χ1) is 8.88. The van der Waals surface area contributed by atoms with Gasteiger partial charge in [-0.3, -0.25) is 0 Å². The van der Waals surface area contributed by atoms with Crippen LogP contribution in [-0.2, 0) is 6.42 Å². The number of likely N-dealkylation sites (tertiary alicyclic amines) is 1. The van der Waals surface area contributed by atoms with Crippen LogP contribution < -0.4 is 0 Å². The normalized spacial score (nSPS) is 21.1. The Morgan fingerprint density at radius 1 is 1.17 bits per heavy atom. The Morgan fingerprint density at radius 3 is 2.78 bits per heavy atom. The molecule has 1 fully saturated rings. The molecule has 0 aromatic heterocycles. The van der Waals surface area contributed by atoms with Crippen LogP contribution in [0.3, 0.4) is 0 Å². The largest absolute Gasteiger partial charge is 0.303 e. The summed E-state index contributed by atoms with van der Waals surface area (Å²) in [4.78, 5) is 2.60. The Balaban J connectivity index is 1.60. The summed E-state index contributed by atoms with van der Waals surface area (Å²) in [6.07, 6.45) is 6.48. The zero-order valence-corrected chi connectivity index (χ0v) is 11.9. The van der Waals surface area contributed by atoms with E-state index in [9.17, 15) is 0 Å². The number of halogens is 1. The minimum atomic E-state index is 0.731. The molecule has 0 saturated carbocycles. The maximum absolute atomic E-state index is 5.96. The van der Waals surface area contributed by atoms with Gasteiger partial charge < -0.3 is 4.90 Å². The van der Waals surface area contributed by atoms with Crippen LogP contribution in [0.2, 0.25) is 0 Å². The van der Waals surface area contributed by atoms with E-state index in [4.69, 9.17) is 11.6 Å². The fourth-order valence-corrected chi connectivity index (χ4v) is 3.04. The van der Waals surface area contributed by atoms with Gasteiger partial charge in [0.2, 0.25) is 0 Å². The van der Waals surface area contributed by atoms with E-state index < -0.39 is 0 Å². The predicted molar refractivity (Wildman–Crippen MR) is 79.3 cm³/mol. The number of rotatable bonds is 6. The maximum Gasteiger partial charge on any atom is 0.0263 e. The highest BCUT2D eigenvalue weighted by atomic mass is 35.5. The van der Waals surface area contributed by atoms with Crippen LogP contribution in [0.5, 0.6) is 0 Å². The SMILES string of the molecule is ClCC1CCCN(CCCCc2ccccc2)C1. The Labute approximate surface area is 116 Å². The third-order valence-electron chi connectivity index (χ3n) is 3.85. The van der Waals surface area contributed by atoms with Crippen molar-refractivity contribution in [1.29, 1.82) is 0 Å². The third kappa shape index (κ3) is 4.62. The van der Waals surface area contributed by atoms with Crippen molar-refractivity contribution < 1.29 is 0 Å². The van der Waals surface area contributed by atoms with Gasteiger partial charge in [-0.05, 0) is 56.7 Å². The molecule has 18 heavy (non-hydrogen) atoms. The summed E-state index contributed by atoms with van der Waals surface area (Å²) < 4.78 is 0. The van der Waals surface area contributed by atoms with Crippen molar-refractivity contribution in [3.05, 3.63) is 35.9 Å². The molecule has 1 saturated heterocycles. The number of aryl methyl sites for hydroxylation is 1. The van der Waals surface area contributed by atoms with Crippen molar-refractivity contribution in [3.8, 4) is 0 Å². The van der Waals surface area contributed by atoms with E-state index in [0.717, 1.165) is 11.8 Å². The highest BCUT2D eigenvalue weighted by Gasteiger charge is 2.18. The lowest BCUT2D eigenvalue weighted by Gasteiger charge is -2.31. The lowest BCUT2D eigenvalue weighted by molar-refractivity contribution is 0.182. The molecule has 1 aromatic carbocycles. The van der Waals surface area contributed by atoms with E-state index in [0.29, 0.717) is 0 Å². The van der Waals surface area contributed by atoms with Gasteiger partial charge in [-0.1, -0.05) is 30.3 Å². The van der Waals surface area contributed by atoms with Gasteiger partial charge in [0.05, 0.1) is 0 Å². The summed E-state index contributed by atoms with van der Waals surface area (Å²) in [5.74, 6) is 1.56.